The molecule has 0 saturated carbocycles. The number of hydrogen-bond acceptors (Lipinski definition) is 5. The molecular formula is C18H19N3O2S2. The van der Waals surface area contributed by atoms with Gasteiger partial charge in [0.15, 0.2) is 4.96 Å². The Morgan fingerprint density at radius 1 is 1.28 bits per heavy atom. The van der Waals surface area contributed by atoms with Crippen LogP contribution in [0.2, 0.25) is 0 Å². The summed E-state index contributed by atoms with van der Waals surface area (Å²) in [7, 11) is 0. The zero-order valence-corrected chi connectivity index (χ0v) is 15.4. The molecule has 0 N–H and O–H groups in total. The smallest absolute Gasteiger partial charge is 0.271 e. The zero-order chi connectivity index (χ0) is 17.2. The Hall–Kier alpha value is -1.99. The van der Waals surface area contributed by atoms with Crippen LogP contribution in [-0.4, -0.2) is 32.8 Å². The molecule has 1 atom stereocenters. The molecule has 0 bridgehead atoms. The van der Waals surface area contributed by atoms with Crippen LogP contribution in [0.5, 0.6) is 0 Å². The minimum atomic E-state index is -0.265. The molecule has 130 valence electrons. The number of aryl methyl sites for hydroxylation is 1. The van der Waals surface area contributed by atoms with Crippen molar-refractivity contribution in [2.45, 2.75) is 38.1 Å². The van der Waals surface area contributed by atoms with Gasteiger partial charge in [-0.3, -0.25) is 14.0 Å². The number of nitrogens with zero attached hydrogens (tertiary/aromatic N) is 3. The number of carbonyl (C=O) groups is 1. The summed E-state index contributed by atoms with van der Waals surface area (Å²) in [4.78, 5) is 33.8. The van der Waals surface area contributed by atoms with Gasteiger partial charge in [0, 0.05) is 35.2 Å². The van der Waals surface area contributed by atoms with Gasteiger partial charge >= 0.3 is 0 Å². The average molecular weight is 374 g/mol. The van der Waals surface area contributed by atoms with E-state index >= 15 is 0 Å². The number of fused-ring (bicyclic) bond motifs is 1. The minimum Gasteiger partial charge on any atom is -0.335 e. The monoisotopic (exact) mass is 373 g/mol. The molecule has 7 heteroatoms. The van der Waals surface area contributed by atoms with Crippen molar-refractivity contribution in [3.8, 4) is 0 Å². The topological polar surface area (TPSA) is 54.7 Å². The van der Waals surface area contributed by atoms with E-state index in [2.05, 4.69) is 22.5 Å². The van der Waals surface area contributed by atoms with E-state index in [1.165, 1.54) is 26.8 Å². The molecule has 5 nitrogen and oxygen atoms in total. The van der Waals surface area contributed by atoms with Gasteiger partial charge in [-0.2, -0.15) is 0 Å². The van der Waals surface area contributed by atoms with E-state index in [1.54, 1.807) is 17.5 Å². The van der Waals surface area contributed by atoms with E-state index in [0.29, 0.717) is 4.96 Å². The summed E-state index contributed by atoms with van der Waals surface area (Å²) in [6, 6.07) is 4.40. The van der Waals surface area contributed by atoms with Crippen LogP contribution in [0, 0.1) is 0 Å². The lowest BCUT2D eigenvalue weighted by atomic mass is 9.97. The summed E-state index contributed by atoms with van der Waals surface area (Å²) in [5, 5.41) is 3.89. The van der Waals surface area contributed by atoms with Gasteiger partial charge in [-0.25, -0.2) is 4.98 Å². The maximum absolute atomic E-state index is 13.0. The average Bonchev–Trinajstić information content (AvgIpc) is 3.32. The van der Waals surface area contributed by atoms with Crippen molar-refractivity contribution in [2.75, 3.05) is 6.54 Å². The van der Waals surface area contributed by atoms with E-state index in [1.807, 2.05) is 10.3 Å². The van der Waals surface area contributed by atoms with Crippen molar-refractivity contribution < 1.29 is 4.79 Å². The van der Waals surface area contributed by atoms with Crippen LogP contribution >= 0.6 is 22.7 Å². The summed E-state index contributed by atoms with van der Waals surface area (Å²) in [5.41, 5.74) is -0.0854. The van der Waals surface area contributed by atoms with Gasteiger partial charge in [-0.05, 0) is 43.6 Å². The van der Waals surface area contributed by atoms with Crippen molar-refractivity contribution in [1.82, 2.24) is 14.3 Å². The summed E-state index contributed by atoms with van der Waals surface area (Å²) in [6.07, 6.45) is 8.19. The maximum Gasteiger partial charge on any atom is 0.271 e. The van der Waals surface area contributed by atoms with Crippen molar-refractivity contribution in [3.05, 3.63) is 56.1 Å². The second-order valence-corrected chi connectivity index (χ2v) is 8.20. The highest BCUT2D eigenvalue weighted by Gasteiger charge is 2.29. The molecule has 0 spiro atoms. The van der Waals surface area contributed by atoms with Gasteiger partial charge in [-0.1, -0.05) is 6.07 Å². The first-order valence-electron chi connectivity index (χ1n) is 8.52. The molecule has 1 aliphatic rings. The normalized spacial score (nSPS) is 17.9. The number of piperidine rings is 1. The molecular weight excluding hydrogens is 354 g/mol. The Kier molecular flexibility index (Phi) is 4.67. The molecule has 3 aromatic heterocycles. The Bertz CT molecular complexity index is 929. The number of amides is 1. The zero-order valence-electron chi connectivity index (χ0n) is 13.8. The first kappa shape index (κ1) is 16.5. The Balaban J connectivity index is 1.57. The molecule has 0 radical (unpaired) electrons. The number of rotatable bonds is 4. The highest BCUT2D eigenvalue weighted by molar-refractivity contribution is 7.15. The van der Waals surface area contributed by atoms with E-state index in [4.69, 9.17) is 0 Å². The lowest BCUT2D eigenvalue weighted by Gasteiger charge is -2.35. The van der Waals surface area contributed by atoms with Crippen LogP contribution < -0.4 is 5.56 Å². The van der Waals surface area contributed by atoms with Crippen LogP contribution in [-0.2, 0) is 6.42 Å². The van der Waals surface area contributed by atoms with Gasteiger partial charge in [0.05, 0.1) is 0 Å². The summed E-state index contributed by atoms with van der Waals surface area (Å²) in [5.74, 6) is -0.172. The maximum atomic E-state index is 13.0. The summed E-state index contributed by atoms with van der Waals surface area (Å²) in [6.45, 7) is 0.722. The van der Waals surface area contributed by atoms with Crippen LogP contribution in [0.15, 0.2) is 40.1 Å². The molecule has 3 aromatic rings. The molecule has 1 fully saturated rings. The molecule has 1 amide bonds. The number of carbonyl (C=O) groups excluding carboxylic acids is 1. The standard InChI is InChI=1S/C18H19N3O2S2/c22-16(15-12-19-18-21(17(15)23)9-11-25-18)20-8-2-1-4-13(20)6-7-14-5-3-10-24-14/h3,5,9-13H,1-2,4,6-8H2. The van der Waals surface area contributed by atoms with E-state index in [9.17, 15) is 9.59 Å². The van der Waals surface area contributed by atoms with E-state index < -0.39 is 0 Å². The third-order valence-electron chi connectivity index (χ3n) is 4.77. The molecule has 1 aliphatic heterocycles. The largest absolute Gasteiger partial charge is 0.335 e. The molecule has 1 unspecified atom stereocenters. The molecule has 0 aromatic carbocycles. The Morgan fingerprint density at radius 3 is 3.04 bits per heavy atom. The van der Waals surface area contributed by atoms with Crippen molar-refractivity contribution in [2.24, 2.45) is 0 Å². The Labute approximate surface area is 153 Å². The van der Waals surface area contributed by atoms with Crippen molar-refractivity contribution >= 4 is 33.5 Å². The number of hydrogen-bond donors (Lipinski definition) is 0. The lowest BCUT2D eigenvalue weighted by Crippen LogP contribution is -2.45. The van der Waals surface area contributed by atoms with Gasteiger partial charge < -0.3 is 4.90 Å². The SMILES string of the molecule is O=C(c1cnc2sccn2c1=O)N1CCCCC1CCc1cccs1. The van der Waals surface area contributed by atoms with E-state index in [0.717, 1.165) is 38.6 Å². The predicted octanol–water partition coefficient (Wildman–Crippen LogP) is 3.45. The summed E-state index contributed by atoms with van der Waals surface area (Å²) >= 11 is 3.15. The number of aromatic nitrogens is 2. The minimum absolute atomic E-state index is 0.172. The number of thiophene rings is 1. The van der Waals surface area contributed by atoms with Gasteiger partial charge in [0.1, 0.15) is 5.56 Å². The van der Waals surface area contributed by atoms with Crippen molar-refractivity contribution in [3.63, 3.8) is 0 Å². The predicted molar refractivity (Wildman–Crippen MR) is 101 cm³/mol. The second kappa shape index (κ2) is 7.09. The lowest BCUT2D eigenvalue weighted by molar-refractivity contribution is 0.0600. The first-order chi connectivity index (χ1) is 12.2. The molecule has 0 aliphatic carbocycles. The summed E-state index contributed by atoms with van der Waals surface area (Å²) < 4.78 is 1.46. The highest BCUT2D eigenvalue weighted by atomic mass is 32.1. The fraction of sp³-hybridized carbons (Fsp3) is 0.389. The third-order valence-corrected chi connectivity index (χ3v) is 6.47. The van der Waals surface area contributed by atoms with Gasteiger partial charge in [-0.15, -0.1) is 22.7 Å². The molecule has 4 heterocycles. The molecule has 1 saturated heterocycles. The highest BCUT2D eigenvalue weighted by Crippen LogP contribution is 2.24. The number of likely N-dealkylation sites (tertiary alicyclic amines) is 1. The molecule has 4 rings (SSSR count). The van der Waals surface area contributed by atoms with Crippen LogP contribution in [0.3, 0.4) is 0 Å². The quantitative estimate of drug-likeness (QED) is 0.704. The molecule has 25 heavy (non-hydrogen) atoms. The fourth-order valence-corrected chi connectivity index (χ4v) is 4.86. The van der Waals surface area contributed by atoms with Crippen LogP contribution in [0.4, 0.5) is 0 Å². The second-order valence-electron chi connectivity index (χ2n) is 6.30. The number of thiazole rings is 1. The fourth-order valence-electron chi connectivity index (χ4n) is 3.46. The Morgan fingerprint density at radius 2 is 2.20 bits per heavy atom. The first-order valence-corrected chi connectivity index (χ1v) is 10.3. The van der Waals surface area contributed by atoms with Gasteiger partial charge in [0.25, 0.3) is 11.5 Å². The van der Waals surface area contributed by atoms with Crippen LogP contribution in [0.1, 0.15) is 40.9 Å². The van der Waals surface area contributed by atoms with Crippen molar-refractivity contribution in [1.29, 1.82) is 0 Å². The third kappa shape index (κ3) is 3.26. The van der Waals surface area contributed by atoms with E-state index in [-0.39, 0.29) is 23.1 Å². The van der Waals surface area contributed by atoms with Crippen LogP contribution in [0.25, 0.3) is 4.96 Å². The van der Waals surface area contributed by atoms with Gasteiger partial charge in [0.2, 0.25) is 0 Å².